The lowest BCUT2D eigenvalue weighted by molar-refractivity contribution is 0.164. The molecule has 3 atom stereocenters. The molecule has 1 fully saturated rings. The molecule has 2 N–H and O–H groups in total. The van der Waals surface area contributed by atoms with Crippen molar-refractivity contribution in [2.24, 2.45) is 17.6 Å². The van der Waals surface area contributed by atoms with Gasteiger partial charge in [0.15, 0.2) is 11.5 Å². The number of nitrogens with two attached hydrogens (primary N) is 1. The van der Waals surface area contributed by atoms with Gasteiger partial charge in [-0.15, -0.1) is 0 Å². The molecule has 19 heavy (non-hydrogen) atoms. The molecule has 0 saturated heterocycles. The van der Waals surface area contributed by atoms with Gasteiger partial charge in [0, 0.05) is 5.54 Å². The van der Waals surface area contributed by atoms with E-state index in [0.29, 0.717) is 5.92 Å². The highest BCUT2D eigenvalue weighted by atomic mass is 16.5. The second kappa shape index (κ2) is 5.41. The first-order valence-electron chi connectivity index (χ1n) is 7.02. The summed E-state index contributed by atoms with van der Waals surface area (Å²) in [4.78, 5) is 0. The predicted octanol–water partition coefficient (Wildman–Crippen LogP) is 3.31. The van der Waals surface area contributed by atoms with E-state index in [0.717, 1.165) is 29.4 Å². The molecule has 106 valence electrons. The fourth-order valence-electron chi connectivity index (χ4n) is 3.22. The van der Waals surface area contributed by atoms with Crippen molar-refractivity contribution in [2.75, 3.05) is 14.2 Å². The van der Waals surface area contributed by atoms with Crippen molar-refractivity contribution in [3.8, 4) is 11.5 Å². The monoisotopic (exact) mass is 263 g/mol. The highest BCUT2D eigenvalue weighted by Crippen LogP contribution is 2.43. The topological polar surface area (TPSA) is 44.5 Å². The zero-order valence-electron chi connectivity index (χ0n) is 12.4. The fraction of sp³-hybridized carbons (Fsp3) is 0.625. The maximum atomic E-state index is 6.70. The Bertz CT molecular complexity index is 446. The molecule has 3 unspecified atom stereocenters. The van der Waals surface area contributed by atoms with Gasteiger partial charge in [-0.25, -0.2) is 0 Å². The standard InChI is InChI=1S/C16H25NO2/c1-11-7-8-16(17,12(2)9-11)13-5-6-14(18-3)15(10-13)19-4/h5-6,10-12H,7-9,17H2,1-4H3. The molecular formula is C16H25NO2. The van der Waals surface area contributed by atoms with Crippen LogP contribution in [0.2, 0.25) is 0 Å². The molecule has 1 aromatic rings. The number of hydrogen-bond donors (Lipinski definition) is 1. The van der Waals surface area contributed by atoms with Crippen LogP contribution in [0.1, 0.15) is 38.7 Å². The van der Waals surface area contributed by atoms with Gasteiger partial charge in [-0.2, -0.15) is 0 Å². The summed E-state index contributed by atoms with van der Waals surface area (Å²) in [5.74, 6) is 2.77. The van der Waals surface area contributed by atoms with Crippen LogP contribution < -0.4 is 15.2 Å². The van der Waals surface area contributed by atoms with Crippen LogP contribution in [0, 0.1) is 11.8 Å². The van der Waals surface area contributed by atoms with Gasteiger partial charge in [0.1, 0.15) is 0 Å². The molecule has 2 rings (SSSR count). The van der Waals surface area contributed by atoms with Crippen molar-refractivity contribution >= 4 is 0 Å². The Morgan fingerprint density at radius 3 is 2.42 bits per heavy atom. The maximum absolute atomic E-state index is 6.70. The molecule has 0 radical (unpaired) electrons. The van der Waals surface area contributed by atoms with Crippen LogP contribution in [0.15, 0.2) is 18.2 Å². The number of ether oxygens (including phenoxy) is 2. The van der Waals surface area contributed by atoms with Crippen molar-refractivity contribution in [2.45, 2.75) is 38.6 Å². The zero-order valence-corrected chi connectivity index (χ0v) is 12.4. The average Bonchev–Trinajstić information content (AvgIpc) is 2.42. The van der Waals surface area contributed by atoms with Gasteiger partial charge in [-0.1, -0.05) is 19.9 Å². The lowest BCUT2D eigenvalue weighted by atomic mass is 9.67. The van der Waals surface area contributed by atoms with Crippen LogP contribution in [0.25, 0.3) is 0 Å². The van der Waals surface area contributed by atoms with E-state index in [1.165, 1.54) is 12.8 Å². The minimum atomic E-state index is -0.244. The first-order valence-corrected chi connectivity index (χ1v) is 7.02. The first kappa shape index (κ1) is 14.2. The van der Waals surface area contributed by atoms with E-state index >= 15 is 0 Å². The van der Waals surface area contributed by atoms with Gasteiger partial charge in [0.2, 0.25) is 0 Å². The van der Waals surface area contributed by atoms with E-state index in [4.69, 9.17) is 15.2 Å². The Morgan fingerprint density at radius 1 is 1.16 bits per heavy atom. The van der Waals surface area contributed by atoms with Crippen LogP contribution in [-0.4, -0.2) is 14.2 Å². The molecule has 1 aromatic carbocycles. The second-order valence-corrected chi connectivity index (χ2v) is 5.89. The molecule has 1 aliphatic carbocycles. The minimum Gasteiger partial charge on any atom is -0.493 e. The van der Waals surface area contributed by atoms with E-state index in [2.05, 4.69) is 19.9 Å². The zero-order chi connectivity index (χ0) is 14.0. The highest BCUT2D eigenvalue weighted by Gasteiger charge is 2.38. The predicted molar refractivity (Wildman–Crippen MR) is 77.6 cm³/mol. The van der Waals surface area contributed by atoms with Crippen LogP contribution in [0.4, 0.5) is 0 Å². The summed E-state index contributed by atoms with van der Waals surface area (Å²) in [6.45, 7) is 4.57. The van der Waals surface area contributed by atoms with E-state index in [1.54, 1.807) is 14.2 Å². The Balaban J connectivity index is 2.35. The van der Waals surface area contributed by atoms with Gasteiger partial charge < -0.3 is 15.2 Å². The third-order valence-corrected chi connectivity index (χ3v) is 4.61. The summed E-state index contributed by atoms with van der Waals surface area (Å²) in [7, 11) is 3.32. The molecule has 3 nitrogen and oxygen atoms in total. The van der Waals surface area contributed by atoms with Crippen molar-refractivity contribution in [1.29, 1.82) is 0 Å². The lowest BCUT2D eigenvalue weighted by Crippen LogP contribution is -2.46. The molecule has 3 heteroatoms. The third-order valence-electron chi connectivity index (χ3n) is 4.61. The molecule has 0 aliphatic heterocycles. The summed E-state index contributed by atoms with van der Waals surface area (Å²) in [5.41, 5.74) is 7.62. The molecule has 0 aromatic heterocycles. The van der Waals surface area contributed by atoms with Crippen molar-refractivity contribution in [3.05, 3.63) is 23.8 Å². The van der Waals surface area contributed by atoms with E-state index < -0.39 is 0 Å². The summed E-state index contributed by atoms with van der Waals surface area (Å²) in [6.07, 6.45) is 3.41. The normalized spacial score (nSPS) is 31.0. The highest BCUT2D eigenvalue weighted by molar-refractivity contribution is 5.45. The molecule has 0 amide bonds. The Labute approximate surface area is 116 Å². The van der Waals surface area contributed by atoms with E-state index in [-0.39, 0.29) is 5.54 Å². The summed E-state index contributed by atoms with van der Waals surface area (Å²) in [5, 5.41) is 0. The van der Waals surface area contributed by atoms with Gasteiger partial charge in [0.05, 0.1) is 14.2 Å². The number of methoxy groups -OCH3 is 2. The van der Waals surface area contributed by atoms with Crippen LogP contribution >= 0.6 is 0 Å². The largest absolute Gasteiger partial charge is 0.493 e. The first-order chi connectivity index (χ1) is 9.01. The molecule has 0 heterocycles. The summed E-state index contributed by atoms with van der Waals surface area (Å²) < 4.78 is 10.7. The van der Waals surface area contributed by atoms with Crippen molar-refractivity contribution in [1.82, 2.24) is 0 Å². The van der Waals surface area contributed by atoms with Gasteiger partial charge in [0.25, 0.3) is 0 Å². The number of rotatable bonds is 3. The van der Waals surface area contributed by atoms with Crippen molar-refractivity contribution < 1.29 is 9.47 Å². The average molecular weight is 263 g/mol. The molecular weight excluding hydrogens is 238 g/mol. The fourth-order valence-corrected chi connectivity index (χ4v) is 3.22. The summed E-state index contributed by atoms with van der Waals surface area (Å²) >= 11 is 0. The Hall–Kier alpha value is -1.22. The van der Waals surface area contributed by atoms with Crippen LogP contribution in [0.3, 0.4) is 0 Å². The molecule has 1 aliphatic rings. The lowest BCUT2D eigenvalue weighted by Gasteiger charge is -2.42. The van der Waals surface area contributed by atoms with E-state index in [9.17, 15) is 0 Å². The molecule has 1 saturated carbocycles. The SMILES string of the molecule is COc1ccc(C2(N)CCC(C)CC2C)cc1OC. The molecule has 0 spiro atoms. The van der Waals surface area contributed by atoms with E-state index in [1.807, 2.05) is 12.1 Å². The van der Waals surface area contributed by atoms with Crippen molar-refractivity contribution in [3.63, 3.8) is 0 Å². The molecule has 0 bridgehead atoms. The smallest absolute Gasteiger partial charge is 0.161 e. The Kier molecular flexibility index (Phi) is 4.04. The minimum absolute atomic E-state index is 0.244. The summed E-state index contributed by atoms with van der Waals surface area (Å²) in [6, 6.07) is 6.06. The second-order valence-electron chi connectivity index (χ2n) is 5.89. The van der Waals surface area contributed by atoms with Gasteiger partial charge >= 0.3 is 0 Å². The van der Waals surface area contributed by atoms with Crippen LogP contribution in [-0.2, 0) is 5.54 Å². The maximum Gasteiger partial charge on any atom is 0.161 e. The van der Waals surface area contributed by atoms with Gasteiger partial charge in [-0.3, -0.25) is 0 Å². The van der Waals surface area contributed by atoms with Crippen LogP contribution in [0.5, 0.6) is 11.5 Å². The third kappa shape index (κ3) is 2.57. The number of hydrogen-bond acceptors (Lipinski definition) is 3. The Morgan fingerprint density at radius 2 is 1.84 bits per heavy atom. The quantitative estimate of drug-likeness (QED) is 0.910. The van der Waals surface area contributed by atoms with Gasteiger partial charge in [-0.05, 0) is 48.8 Å². The number of benzene rings is 1.